The van der Waals surface area contributed by atoms with E-state index in [0.717, 1.165) is 24.6 Å². The van der Waals surface area contributed by atoms with Crippen molar-refractivity contribution in [2.75, 3.05) is 31.7 Å². The molecule has 0 aliphatic heterocycles. The van der Waals surface area contributed by atoms with Crippen LogP contribution in [-0.4, -0.2) is 26.4 Å². The van der Waals surface area contributed by atoms with E-state index in [2.05, 4.69) is 12.2 Å². The second-order valence-corrected chi connectivity index (χ2v) is 3.82. The lowest BCUT2D eigenvalue weighted by molar-refractivity contribution is 0.110. The van der Waals surface area contributed by atoms with Crippen LogP contribution in [0.1, 0.15) is 26.7 Å². The van der Waals surface area contributed by atoms with E-state index in [9.17, 15) is 0 Å². The summed E-state index contributed by atoms with van der Waals surface area (Å²) in [6.07, 6.45) is 2.37. The van der Waals surface area contributed by atoms with Gasteiger partial charge in [-0.15, -0.1) is 0 Å². The van der Waals surface area contributed by atoms with Gasteiger partial charge in [-0.3, -0.25) is 0 Å². The van der Waals surface area contributed by atoms with Crippen molar-refractivity contribution in [2.45, 2.75) is 26.7 Å². The van der Waals surface area contributed by atoms with Gasteiger partial charge in [-0.25, -0.2) is 0 Å². The van der Waals surface area contributed by atoms with E-state index in [-0.39, 0.29) is 0 Å². The first-order valence-corrected chi connectivity index (χ1v) is 6.42. The maximum Gasteiger partial charge on any atom is 0.142 e. The topological polar surface area (TPSA) is 30.5 Å². The summed E-state index contributed by atoms with van der Waals surface area (Å²) >= 11 is 0. The standard InChI is InChI=1S/C14H23NO2/c1-3-5-10-15-13-8-6-7-9-14(13)17-12-11-16-4-2/h6-9,15H,3-5,10-12H2,1-2H3. The first-order chi connectivity index (χ1) is 8.38. The molecule has 1 aromatic rings. The number of para-hydroxylation sites is 2. The molecular formula is C14H23NO2. The lowest BCUT2D eigenvalue weighted by Gasteiger charge is -2.12. The molecule has 0 unspecified atom stereocenters. The average Bonchev–Trinajstić information content (AvgIpc) is 2.36. The van der Waals surface area contributed by atoms with Crippen LogP contribution in [0.3, 0.4) is 0 Å². The molecule has 3 nitrogen and oxygen atoms in total. The largest absolute Gasteiger partial charge is 0.489 e. The van der Waals surface area contributed by atoms with Crippen molar-refractivity contribution < 1.29 is 9.47 Å². The van der Waals surface area contributed by atoms with Gasteiger partial charge in [-0.2, -0.15) is 0 Å². The highest BCUT2D eigenvalue weighted by molar-refractivity contribution is 5.56. The number of anilines is 1. The van der Waals surface area contributed by atoms with Crippen molar-refractivity contribution in [3.8, 4) is 5.75 Å². The van der Waals surface area contributed by atoms with Crippen LogP contribution in [0.2, 0.25) is 0 Å². The van der Waals surface area contributed by atoms with Crippen molar-refractivity contribution in [3.63, 3.8) is 0 Å². The monoisotopic (exact) mass is 237 g/mol. The molecule has 0 radical (unpaired) electrons. The first-order valence-electron chi connectivity index (χ1n) is 6.42. The van der Waals surface area contributed by atoms with E-state index in [0.29, 0.717) is 13.2 Å². The Kier molecular flexibility index (Phi) is 7.23. The van der Waals surface area contributed by atoms with Gasteiger partial charge in [0, 0.05) is 13.2 Å². The fourth-order valence-electron chi connectivity index (χ4n) is 1.49. The van der Waals surface area contributed by atoms with Gasteiger partial charge in [0.2, 0.25) is 0 Å². The molecule has 0 aliphatic rings. The van der Waals surface area contributed by atoms with Crippen LogP contribution >= 0.6 is 0 Å². The lowest BCUT2D eigenvalue weighted by atomic mass is 10.2. The van der Waals surface area contributed by atoms with Crippen molar-refractivity contribution in [2.24, 2.45) is 0 Å². The van der Waals surface area contributed by atoms with Gasteiger partial charge in [-0.1, -0.05) is 25.5 Å². The van der Waals surface area contributed by atoms with E-state index in [1.54, 1.807) is 0 Å². The van der Waals surface area contributed by atoms with Crippen molar-refractivity contribution >= 4 is 5.69 Å². The van der Waals surface area contributed by atoms with E-state index < -0.39 is 0 Å². The molecule has 0 fully saturated rings. The molecule has 0 saturated carbocycles. The summed E-state index contributed by atoms with van der Waals surface area (Å²) in [5.41, 5.74) is 1.07. The summed E-state index contributed by atoms with van der Waals surface area (Å²) < 4.78 is 10.9. The quantitative estimate of drug-likeness (QED) is 0.668. The van der Waals surface area contributed by atoms with Gasteiger partial charge in [0.15, 0.2) is 0 Å². The second kappa shape index (κ2) is 8.88. The predicted octanol–water partition coefficient (Wildman–Crippen LogP) is 3.31. The SMILES string of the molecule is CCCCNc1ccccc1OCCOCC. The van der Waals surface area contributed by atoms with Crippen LogP contribution in [0.15, 0.2) is 24.3 Å². The van der Waals surface area contributed by atoms with Gasteiger partial charge in [0.25, 0.3) is 0 Å². The fraction of sp³-hybridized carbons (Fsp3) is 0.571. The van der Waals surface area contributed by atoms with Gasteiger partial charge in [0.05, 0.1) is 12.3 Å². The lowest BCUT2D eigenvalue weighted by Crippen LogP contribution is -2.08. The number of nitrogens with one attached hydrogen (secondary N) is 1. The van der Waals surface area contributed by atoms with Crippen LogP contribution < -0.4 is 10.1 Å². The normalized spacial score (nSPS) is 10.2. The van der Waals surface area contributed by atoms with E-state index in [4.69, 9.17) is 9.47 Å². The van der Waals surface area contributed by atoms with Crippen molar-refractivity contribution in [1.82, 2.24) is 0 Å². The molecule has 96 valence electrons. The summed E-state index contributed by atoms with van der Waals surface area (Å²) in [5.74, 6) is 0.906. The Hall–Kier alpha value is -1.22. The minimum absolute atomic E-state index is 0.598. The molecule has 1 N–H and O–H groups in total. The average molecular weight is 237 g/mol. The summed E-state index contributed by atoms with van der Waals surface area (Å²) in [6.45, 7) is 7.13. The number of benzene rings is 1. The highest BCUT2D eigenvalue weighted by Gasteiger charge is 2.01. The zero-order valence-electron chi connectivity index (χ0n) is 10.9. The fourth-order valence-corrected chi connectivity index (χ4v) is 1.49. The summed E-state index contributed by atoms with van der Waals surface area (Å²) in [5, 5.41) is 3.39. The van der Waals surface area contributed by atoms with Crippen molar-refractivity contribution in [3.05, 3.63) is 24.3 Å². The molecule has 3 heteroatoms. The molecule has 0 bridgehead atoms. The van der Waals surface area contributed by atoms with Gasteiger partial charge < -0.3 is 14.8 Å². The molecule has 1 aromatic carbocycles. The second-order valence-electron chi connectivity index (χ2n) is 3.82. The molecule has 0 aliphatic carbocycles. The molecule has 17 heavy (non-hydrogen) atoms. The van der Waals surface area contributed by atoms with E-state index in [1.165, 1.54) is 12.8 Å². The zero-order valence-corrected chi connectivity index (χ0v) is 10.9. The Bertz CT molecular complexity index is 302. The highest BCUT2D eigenvalue weighted by atomic mass is 16.5. The van der Waals surface area contributed by atoms with Gasteiger partial charge >= 0.3 is 0 Å². The number of hydrogen-bond acceptors (Lipinski definition) is 3. The summed E-state index contributed by atoms with van der Waals surface area (Å²) in [4.78, 5) is 0. The molecule has 0 spiro atoms. The Labute approximate surface area is 104 Å². The predicted molar refractivity (Wildman–Crippen MR) is 71.8 cm³/mol. The van der Waals surface area contributed by atoms with Crippen LogP contribution in [0.25, 0.3) is 0 Å². The first kappa shape index (κ1) is 13.8. The van der Waals surface area contributed by atoms with E-state index >= 15 is 0 Å². The van der Waals surface area contributed by atoms with Gasteiger partial charge in [0.1, 0.15) is 12.4 Å². The Morgan fingerprint density at radius 1 is 1.12 bits per heavy atom. The molecule has 0 heterocycles. The maximum absolute atomic E-state index is 5.68. The Balaban J connectivity index is 2.40. The maximum atomic E-state index is 5.68. The van der Waals surface area contributed by atoms with Crippen LogP contribution in [0.4, 0.5) is 5.69 Å². The van der Waals surface area contributed by atoms with Crippen LogP contribution in [0.5, 0.6) is 5.75 Å². The van der Waals surface area contributed by atoms with E-state index in [1.807, 2.05) is 31.2 Å². The number of hydrogen-bond donors (Lipinski definition) is 1. The van der Waals surface area contributed by atoms with Crippen LogP contribution in [0, 0.1) is 0 Å². The minimum atomic E-state index is 0.598. The smallest absolute Gasteiger partial charge is 0.142 e. The molecule has 0 saturated heterocycles. The van der Waals surface area contributed by atoms with Crippen molar-refractivity contribution in [1.29, 1.82) is 0 Å². The third-order valence-corrected chi connectivity index (χ3v) is 2.42. The Morgan fingerprint density at radius 2 is 1.94 bits per heavy atom. The zero-order chi connectivity index (χ0) is 12.3. The third kappa shape index (κ3) is 5.59. The third-order valence-electron chi connectivity index (χ3n) is 2.42. The molecule has 1 rings (SSSR count). The molecule has 0 amide bonds. The summed E-state index contributed by atoms with van der Waals surface area (Å²) in [7, 11) is 0. The number of unbranched alkanes of at least 4 members (excludes halogenated alkanes) is 1. The summed E-state index contributed by atoms with van der Waals surface area (Å²) in [6, 6.07) is 8.04. The molecule has 0 atom stereocenters. The minimum Gasteiger partial charge on any atom is -0.489 e. The Morgan fingerprint density at radius 3 is 2.71 bits per heavy atom. The molecular weight excluding hydrogens is 214 g/mol. The highest BCUT2D eigenvalue weighted by Crippen LogP contribution is 2.23. The number of ether oxygens (including phenoxy) is 2. The number of rotatable bonds is 9. The van der Waals surface area contributed by atoms with Gasteiger partial charge in [-0.05, 0) is 25.5 Å². The van der Waals surface area contributed by atoms with Crippen LogP contribution in [-0.2, 0) is 4.74 Å². The molecule has 0 aromatic heterocycles.